The zero-order chi connectivity index (χ0) is 28.9. The summed E-state index contributed by atoms with van der Waals surface area (Å²) in [5.74, 6) is 0.169. The normalized spacial score (nSPS) is 28.2. The van der Waals surface area contributed by atoms with Gasteiger partial charge in [0, 0.05) is 0 Å². The zero-order valence-electron chi connectivity index (χ0n) is 22.9. The second-order valence-corrected chi connectivity index (χ2v) is 12.7. The Morgan fingerprint density at radius 2 is 1.73 bits per heavy atom. The molecule has 0 saturated carbocycles. The molecule has 6 atom stereocenters. The average molecular weight is 631 g/mol. The van der Waals surface area contributed by atoms with Crippen LogP contribution in [0, 0.1) is 0 Å². The summed E-state index contributed by atoms with van der Waals surface area (Å²) in [6, 6.07) is 18.1. The molecule has 8 nitrogen and oxygen atoms in total. The third kappa shape index (κ3) is 4.49. The van der Waals surface area contributed by atoms with E-state index < -0.39 is 49.6 Å². The molecule has 0 aromatic heterocycles. The Kier molecular flexibility index (Phi) is 7.86. The van der Waals surface area contributed by atoms with Crippen molar-refractivity contribution in [3.8, 4) is 5.75 Å². The summed E-state index contributed by atoms with van der Waals surface area (Å²) in [6.45, 7) is 4.95. The first kappa shape index (κ1) is 28.6. The van der Waals surface area contributed by atoms with Crippen LogP contribution in [0.25, 0.3) is 0 Å². The van der Waals surface area contributed by atoms with Crippen molar-refractivity contribution in [3.63, 3.8) is 0 Å². The number of aliphatic hydroxyl groups excluding tert-OH is 4. The maximum absolute atomic E-state index is 15.0. The molecule has 41 heavy (non-hydrogen) atoms. The number of ether oxygens (including phenoxy) is 3. The SMILES string of the molecule is CCN(CC)c1ccc2c(c1)[Se]c1c(ccc(OC3O[C@H](CO)[C@H](O)[C@H](O)[C@H]3O)c1CF)C21OCc2ccccc21. The van der Waals surface area contributed by atoms with Crippen molar-refractivity contribution in [1.29, 1.82) is 0 Å². The number of benzene rings is 3. The number of aliphatic hydroxyl groups is 4. The quantitative estimate of drug-likeness (QED) is 0.286. The van der Waals surface area contributed by atoms with E-state index in [0.29, 0.717) is 12.2 Å². The van der Waals surface area contributed by atoms with Gasteiger partial charge in [-0.15, -0.1) is 0 Å². The maximum atomic E-state index is 15.0. The third-order valence-electron chi connectivity index (χ3n) is 8.35. The monoisotopic (exact) mass is 631 g/mol. The van der Waals surface area contributed by atoms with Crippen LogP contribution >= 0.6 is 0 Å². The van der Waals surface area contributed by atoms with Gasteiger partial charge in [-0.2, -0.15) is 0 Å². The van der Waals surface area contributed by atoms with E-state index in [1.165, 1.54) is 0 Å². The van der Waals surface area contributed by atoms with Gasteiger partial charge in [0.05, 0.1) is 0 Å². The fraction of sp³-hybridized carbons (Fsp3) is 0.419. The van der Waals surface area contributed by atoms with E-state index in [2.05, 4.69) is 49.1 Å². The van der Waals surface area contributed by atoms with Gasteiger partial charge in [-0.25, -0.2) is 0 Å². The fourth-order valence-electron chi connectivity index (χ4n) is 6.16. The molecule has 1 saturated heterocycles. The second kappa shape index (κ2) is 11.3. The molecule has 3 aliphatic heterocycles. The summed E-state index contributed by atoms with van der Waals surface area (Å²) < 4.78 is 35.1. The van der Waals surface area contributed by atoms with Gasteiger partial charge in [-0.05, 0) is 0 Å². The standard InChI is InChI=1S/C31H34FNO7Se/c1-3-33(4-2)18-9-10-21-25(13-18)41-29-19(14-32)23(39-30-28(37)27(36)26(35)24(15-34)40-30)12-11-22(29)31(21)20-8-6-5-7-17(20)16-38-31/h5-13,24,26-28,30,34-37H,3-4,14-16H2,1-2H3/t24-,26+,27+,28-,30?,31?/m1/s1. The Hall–Kier alpha value is -2.53. The van der Waals surface area contributed by atoms with E-state index in [4.69, 9.17) is 14.2 Å². The third-order valence-corrected chi connectivity index (χ3v) is 10.9. The van der Waals surface area contributed by atoms with Crippen LogP contribution in [0.2, 0.25) is 0 Å². The molecular formula is C31H34FNO7Se. The van der Waals surface area contributed by atoms with Gasteiger partial charge < -0.3 is 0 Å². The zero-order valence-corrected chi connectivity index (χ0v) is 24.6. The molecule has 1 spiro atoms. The first-order valence-corrected chi connectivity index (χ1v) is 15.6. The van der Waals surface area contributed by atoms with Crippen LogP contribution in [0.5, 0.6) is 5.75 Å². The Morgan fingerprint density at radius 3 is 2.46 bits per heavy atom. The second-order valence-electron chi connectivity index (χ2n) is 10.4. The topological polar surface area (TPSA) is 112 Å². The molecule has 0 aliphatic carbocycles. The van der Waals surface area contributed by atoms with Gasteiger partial charge in [0.15, 0.2) is 0 Å². The van der Waals surface area contributed by atoms with Gasteiger partial charge in [0.2, 0.25) is 0 Å². The molecule has 3 heterocycles. The van der Waals surface area contributed by atoms with Crippen LogP contribution < -0.4 is 18.6 Å². The average Bonchev–Trinajstić information content (AvgIpc) is 3.37. The van der Waals surface area contributed by atoms with Crippen LogP contribution in [0.15, 0.2) is 54.6 Å². The minimum absolute atomic E-state index is 0.169. The predicted octanol–water partition coefficient (Wildman–Crippen LogP) is 0.972. The molecular weight excluding hydrogens is 596 g/mol. The van der Waals surface area contributed by atoms with Crippen molar-refractivity contribution in [3.05, 3.63) is 82.4 Å². The van der Waals surface area contributed by atoms with E-state index in [-0.39, 0.29) is 20.7 Å². The molecule has 10 heteroatoms. The first-order valence-electron chi connectivity index (χ1n) is 13.9. The molecule has 0 amide bonds. The van der Waals surface area contributed by atoms with E-state index >= 15 is 4.39 Å². The molecule has 3 aromatic rings. The van der Waals surface area contributed by atoms with Crippen molar-refractivity contribution < 1.29 is 39.0 Å². The summed E-state index contributed by atoms with van der Waals surface area (Å²) >= 11 is -0.309. The number of hydrogen-bond donors (Lipinski definition) is 4. The molecule has 3 aromatic carbocycles. The van der Waals surface area contributed by atoms with Crippen LogP contribution in [0.1, 0.15) is 41.7 Å². The van der Waals surface area contributed by atoms with E-state index in [1.54, 1.807) is 6.07 Å². The summed E-state index contributed by atoms with van der Waals surface area (Å²) in [5.41, 5.74) is 4.53. The summed E-state index contributed by atoms with van der Waals surface area (Å²) in [4.78, 5) is 2.27. The number of fused-ring (bicyclic) bond motifs is 6. The number of rotatable bonds is 7. The molecule has 1 fully saturated rings. The van der Waals surface area contributed by atoms with Gasteiger partial charge >= 0.3 is 245 Å². The van der Waals surface area contributed by atoms with Gasteiger partial charge in [-0.1, -0.05) is 0 Å². The number of halogens is 1. The molecule has 0 bridgehead atoms. The molecule has 3 aliphatic rings. The van der Waals surface area contributed by atoms with Crippen molar-refractivity contribution >= 4 is 29.6 Å². The van der Waals surface area contributed by atoms with Crippen LogP contribution in [-0.2, 0) is 28.4 Å². The van der Waals surface area contributed by atoms with Gasteiger partial charge in [0.25, 0.3) is 0 Å². The van der Waals surface area contributed by atoms with Crippen molar-refractivity contribution in [1.82, 2.24) is 0 Å². The van der Waals surface area contributed by atoms with Gasteiger partial charge in [-0.3, -0.25) is 0 Å². The summed E-state index contributed by atoms with van der Waals surface area (Å²) in [5, 5.41) is 40.6. The Balaban J connectivity index is 1.49. The molecule has 4 N–H and O–H groups in total. The number of alkyl halides is 1. The number of anilines is 1. The number of nitrogens with zero attached hydrogens (tertiary/aromatic N) is 1. The van der Waals surface area contributed by atoms with E-state index in [0.717, 1.165) is 50.0 Å². The summed E-state index contributed by atoms with van der Waals surface area (Å²) in [7, 11) is 0. The predicted molar refractivity (Wildman–Crippen MR) is 152 cm³/mol. The van der Waals surface area contributed by atoms with Gasteiger partial charge in [0.1, 0.15) is 0 Å². The molecule has 6 rings (SSSR count). The van der Waals surface area contributed by atoms with Crippen molar-refractivity contribution in [2.75, 3.05) is 24.6 Å². The first-order chi connectivity index (χ1) is 19.9. The van der Waals surface area contributed by atoms with Crippen LogP contribution in [-0.4, -0.2) is 85.8 Å². The number of hydrogen-bond acceptors (Lipinski definition) is 8. The van der Waals surface area contributed by atoms with Crippen molar-refractivity contribution in [2.45, 2.75) is 63.4 Å². The Labute approximate surface area is 244 Å². The summed E-state index contributed by atoms with van der Waals surface area (Å²) in [6.07, 6.45) is -7.26. The van der Waals surface area contributed by atoms with Crippen molar-refractivity contribution in [2.24, 2.45) is 0 Å². The van der Waals surface area contributed by atoms with E-state index in [1.807, 2.05) is 18.2 Å². The Bertz CT molecular complexity index is 1430. The van der Waals surface area contributed by atoms with E-state index in [9.17, 15) is 20.4 Å². The molecule has 0 radical (unpaired) electrons. The minimum atomic E-state index is -1.60. The molecule has 218 valence electrons. The molecule has 2 unspecified atom stereocenters. The Morgan fingerprint density at radius 1 is 0.976 bits per heavy atom. The van der Waals surface area contributed by atoms with Crippen LogP contribution in [0.3, 0.4) is 0 Å². The van der Waals surface area contributed by atoms with Crippen LogP contribution in [0.4, 0.5) is 10.1 Å². The fourth-order valence-corrected chi connectivity index (χ4v) is 8.93.